The molecule has 22 heavy (non-hydrogen) atoms. The highest BCUT2D eigenvalue weighted by atomic mass is 35.5. The van der Waals surface area contributed by atoms with Crippen molar-refractivity contribution in [1.82, 2.24) is 0 Å². The lowest BCUT2D eigenvalue weighted by Crippen LogP contribution is -2.14. The number of nitro benzene ring substituents is 1. The van der Waals surface area contributed by atoms with E-state index < -0.39 is 10.8 Å². The van der Waals surface area contributed by atoms with E-state index in [1.165, 1.54) is 24.3 Å². The lowest BCUT2D eigenvalue weighted by Gasteiger charge is -2.08. The molecule has 0 saturated carbocycles. The van der Waals surface area contributed by atoms with Crippen LogP contribution in [0.3, 0.4) is 0 Å². The molecule has 0 aliphatic rings. The molecule has 0 fully saturated rings. The standard InChI is InChI=1S/C15H10ClN3O3/c1-9-3-2-4-12(14(9)19(21)22)15(20)18-11-6-5-10(8-17)13(16)7-11/h2-7H,1H3,(H,18,20). The molecular weight excluding hydrogens is 306 g/mol. The highest BCUT2D eigenvalue weighted by Crippen LogP contribution is 2.25. The van der Waals surface area contributed by atoms with E-state index in [0.29, 0.717) is 11.3 Å². The van der Waals surface area contributed by atoms with Crippen molar-refractivity contribution >= 4 is 28.9 Å². The van der Waals surface area contributed by atoms with E-state index in [1.807, 2.05) is 6.07 Å². The van der Waals surface area contributed by atoms with Gasteiger partial charge in [0, 0.05) is 11.3 Å². The van der Waals surface area contributed by atoms with Gasteiger partial charge in [-0.05, 0) is 31.2 Å². The predicted octanol–water partition coefficient (Wildman–Crippen LogP) is 3.68. The van der Waals surface area contributed by atoms with Crippen molar-refractivity contribution in [1.29, 1.82) is 5.26 Å². The number of nitrogens with zero attached hydrogens (tertiary/aromatic N) is 2. The molecule has 2 rings (SSSR count). The summed E-state index contributed by atoms with van der Waals surface area (Å²) < 4.78 is 0. The Morgan fingerprint density at radius 3 is 2.68 bits per heavy atom. The summed E-state index contributed by atoms with van der Waals surface area (Å²) in [7, 11) is 0. The molecule has 0 atom stereocenters. The van der Waals surface area contributed by atoms with Crippen molar-refractivity contribution in [3.63, 3.8) is 0 Å². The highest BCUT2D eigenvalue weighted by molar-refractivity contribution is 6.32. The second-order valence-corrected chi connectivity index (χ2v) is 4.90. The molecular formula is C15H10ClN3O3. The second-order valence-electron chi connectivity index (χ2n) is 4.49. The predicted molar refractivity (Wildman–Crippen MR) is 82.0 cm³/mol. The molecule has 0 unspecified atom stereocenters. The van der Waals surface area contributed by atoms with Gasteiger partial charge in [-0.3, -0.25) is 14.9 Å². The topological polar surface area (TPSA) is 96.0 Å². The number of amides is 1. The molecule has 110 valence electrons. The minimum Gasteiger partial charge on any atom is -0.322 e. The second kappa shape index (κ2) is 6.24. The summed E-state index contributed by atoms with van der Waals surface area (Å²) in [6.45, 7) is 1.56. The normalized spacial score (nSPS) is 9.86. The molecule has 0 spiro atoms. The van der Waals surface area contributed by atoms with Crippen LogP contribution >= 0.6 is 11.6 Å². The van der Waals surface area contributed by atoms with E-state index in [0.717, 1.165) is 0 Å². The third-order valence-corrected chi connectivity index (χ3v) is 3.33. The van der Waals surface area contributed by atoms with Crippen molar-refractivity contribution in [2.75, 3.05) is 5.32 Å². The summed E-state index contributed by atoms with van der Waals surface area (Å²) in [5.41, 5.74) is 0.756. The first-order valence-corrected chi connectivity index (χ1v) is 6.57. The number of benzene rings is 2. The number of carbonyl (C=O) groups is 1. The van der Waals surface area contributed by atoms with Crippen LogP contribution in [0.25, 0.3) is 0 Å². The van der Waals surface area contributed by atoms with Crippen LogP contribution in [0.2, 0.25) is 5.02 Å². The fourth-order valence-corrected chi connectivity index (χ4v) is 2.19. The number of carbonyl (C=O) groups excluding carboxylic acids is 1. The Morgan fingerprint density at radius 1 is 1.36 bits per heavy atom. The van der Waals surface area contributed by atoms with E-state index in [4.69, 9.17) is 16.9 Å². The molecule has 0 aliphatic carbocycles. The van der Waals surface area contributed by atoms with Crippen molar-refractivity contribution in [2.45, 2.75) is 6.92 Å². The molecule has 1 N–H and O–H groups in total. The molecule has 0 bridgehead atoms. The Bertz CT molecular complexity index is 812. The van der Waals surface area contributed by atoms with Gasteiger partial charge in [-0.1, -0.05) is 23.7 Å². The van der Waals surface area contributed by atoms with Gasteiger partial charge in [0.1, 0.15) is 11.6 Å². The molecule has 2 aromatic carbocycles. The van der Waals surface area contributed by atoms with Gasteiger partial charge in [-0.25, -0.2) is 0 Å². The highest BCUT2D eigenvalue weighted by Gasteiger charge is 2.22. The van der Waals surface area contributed by atoms with Crippen LogP contribution in [0.15, 0.2) is 36.4 Å². The van der Waals surface area contributed by atoms with Crippen LogP contribution in [0, 0.1) is 28.4 Å². The lowest BCUT2D eigenvalue weighted by atomic mass is 10.1. The molecule has 2 aromatic rings. The fraction of sp³-hybridized carbons (Fsp3) is 0.0667. The number of nitro groups is 1. The van der Waals surface area contributed by atoms with Crippen molar-refractivity contribution in [3.05, 3.63) is 68.2 Å². The average Bonchev–Trinajstić information content (AvgIpc) is 2.46. The van der Waals surface area contributed by atoms with Gasteiger partial charge in [0.15, 0.2) is 0 Å². The molecule has 0 aromatic heterocycles. The van der Waals surface area contributed by atoms with Crippen molar-refractivity contribution in [3.8, 4) is 6.07 Å². The Balaban J connectivity index is 2.35. The van der Waals surface area contributed by atoms with Gasteiger partial charge in [0.2, 0.25) is 0 Å². The summed E-state index contributed by atoms with van der Waals surface area (Å²) >= 11 is 5.88. The van der Waals surface area contributed by atoms with Crippen LogP contribution in [-0.4, -0.2) is 10.8 Å². The monoisotopic (exact) mass is 315 g/mol. The minimum atomic E-state index is -0.615. The maximum absolute atomic E-state index is 12.2. The average molecular weight is 316 g/mol. The third kappa shape index (κ3) is 3.05. The van der Waals surface area contributed by atoms with Gasteiger partial charge in [0.25, 0.3) is 11.6 Å². The SMILES string of the molecule is Cc1cccc(C(=O)Nc2ccc(C#N)c(Cl)c2)c1[N+](=O)[O-]. The zero-order chi connectivity index (χ0) is 16.3. The lowest BCUT2D eigenvalue weighted by molar-refractivity contribution is -0.385. The number of para-hydroxylation sites is 1. The summed E-state index contributed by atoms with van der Waals surface area (Å²) in [5, 5.41) is 22.6. The number of hydrogen-bond donors (Lipinski definition) is 1. The minimum absolute atomic E-state index is 0.0366. The summed E-state index contributed by atoms with van der Waals surface area (Å²) in [5.74, 6) is -0.615. The van der Waals surface area contributed by atoms with E-state index in [2.05, 4.69) is 5.32 Å². The Hall–Kier alpha value is -2.91. The van der Waals surface area contributed by atoms with E-state index in [1.54, 1.807) is 19.1 Å². The van der Waals surface area contributed by atoms with Crippen LogP contribution in [-0.2, 0) is 0 Å². The molecule has 7 heteroatoms. The van der Waals surface area contributed by atoms with E-state index in [9.17, 15) is 14.9 Å². The summed E-state index contributed by atoms with van der Waals surface area (Å²) in [6, 6.07) is 10.8. The van der Waals surface area contributed by atoms with Gasteiger partial charge in [-0.2, -0.15) is 5.26 Å². The van der Waals surface area contributed by atoms with Crippen molar-refractivity contribution < 1.29 is 9.72 Å². The Kier molecular flexibility index (Phi) is 4.39. The summed E-state index contributed by atoms with van der Waals surface area (Å²) in [6.07, 6.45) is 0. The first-order valence-electron chi connectivity index (χ1n) is 6.19. The number of hydrogen-bond acceptors (Lipinski definition) is 4. The molecule has 6 nitrogen and oxygen atoms in total. The van der Waals surface area contributed by atoms with Gasteiger partial charge >= 0.3 is 0 Å². The smallest absolute Gasteiger partial charge is 0.285 e. The maximum atomic E-state index is 12.2. The molecule has 0 saturated heterocycles. The van der Waals surface area contributed by atoms with E-state index >= 15 is 0 Å². The van der Waals surface area contributed by atoms with Gasteiger partial charge < -0.3 is 5.32 Å². The molecule has 0 heterocycles. The quantitative estimate of drug-likeness (QED) is 0.690. The zero-order valence-electron chi connectivity index (χ0n) is 11.5. The van der Waals surface area contributed by atoms with Crippen molar-refractivity contribution in [2.24, 2.45) is 0 Å². The Morgan fingerprint density at radius 2 is 2.09 bits per heavy atom. The number of nitriles is 1. The molecule has 1 amide bonds. The van der Waals surface area contributed by atoms with E-state index in [-0.39, 0.29) is 21.8 Å². The number of halogens is 1. The van der Waals surface area contributed by atoms with Crippen LogP contribution < -0.4 is 5.32 Å². The molecule has 0 aliphatic heterocycles. The van der Waals surface area contributed by atoms with Crippen LogP contribution in [0.5, 0.6) is 0 Å². The number of nitrogens with one attached hydrogen (secondary N) is 1. The summed E-state index contributed by atoms with van der Waals surface area (Å²) in [4.78, 5) is 22.8. The van der Waals surface area contributed by atoms with Gasteiger partial charge in [-0.15, -0.1) is 0 Å². The first kappa shape index (κ1) is 15.5. The van der Waals surface area contributed by atoms with Crippen LogP contribution in [0.1, 0.15) is 21.5 Å². The van der Waals surface area contributed by atoms with Crippen LogP contribution in [0.4, 0.5) is 11.4 Å². The first-order chi connectivity index (χ1) is 10.4. The Labute approximate surface area is 131 Å². The zero-order valence-corrected chi connectivity index (χ0v) is 12.2. The number of anilines is 1. The van der Waals surface area contributed by atoms with Gasteiger partial charge in [0.05, 0.1) is 15.5 Å². The number of aryl methyl sites for hydroxylation is 1. The molecule has 0 radical (unpaired) electrons. The fourth-order valence-electron chi connectivity index (χ4n) is 1.97. The largest absolute Gasteiger partial charge is 0.322 e. The third-order valence-electron chi connectivity index (χ3n) is 3.01. The number of rotatable bonds is 3. The maximum Gasteiger partial charge on any atom is 0.285 e.